The summed E-state index contributed by atoms with van der Waals surface area (Å²) in [5.41, 5.74) is 2.06. The molecule has 5 heteroatoms. The Morgan fingerprint density at radius 2 is 2.00 bits per heavy atom. The predicted octanol–water partition coefficient (Wildman–Crippen LogP) is 2.72. The Bertz CT molecular complexity index is 722. The molecule has 1 aromatic heterocycles. The molecule has 1 saturated heterocycles. The van der Waals surface area contributed by atoms with E-state index in [4.69, 9.17) is 11.2 Å². The number of hydrogen-bond acceptors (Lipinski definition) is 3. The summed E-state index contributed by atoms with van der Waals surface area (Å²) in [5.74, 6) is 2.15. The number of carbonyl (C=O) groups excluding carboxylic acids is 1. The van der Waals surface area contributed by atoms with Crippen LogP contribution in [0.25, 0.3) is 0 Å². The Morgan fingerprint density at radius 1 is 1.24 bits per heavy atom. The molecule has 0 bridgehead atoms. The fourth-order valence-corrected chi connectivity index (χ4v) is 2.30. The summed E-state index contributed by atoms with van der Waals surface area (Å²) < 4.78 is 18.3. The summed E-state index contributed by atoms with van der Waals surface area (Å²) in [7, 11) is 0. The molecule has 0 spiro atoms. The van der Waals surface area contributed by atoms with Crippen LogP contribution in [0.3, 0.4) is 0 Å². The second kappa shape index (κ2) is 5.25. The molecular weight excluding hydrogens is 271 g/mol. The zero-order chi connectivity index (χ0) is 14.8. The number of ether oxygens (including phenoxy) is 1. The largest absolute Gasteiger partial charge is 0.439 e. The molecule has 1 N–H and O–H groups in total. The van der Waals surface area contributed by atoms with Crippen molar-refractivity contribution in [3.05, 3.63) is 65.2 Å². The van der Waals surface area contributed by atoms with Gasteiger partial charge in [-0.2, -0.15) is 0 Å². The van der Waals surface area contributed by atoms with Crippen molar-refractivity contribution >= 4 is 6.09 Å². The zero-order valence-corrected chi connectivity index (χ0v) is 10.9. The molecule has 1 amide bonds. The van der Waals surface area contributed by atoms with E-state index >= 15 is 0 Å². The second-order valence-electron chi connectivity index (χ2n) is 4.65. The molecule has 21 heavy (non-hydrogen) atoms. The van der Waals surface area contributed by atoms with Crippen LogP contribution >= 0.6 is 0 Å². The lowest BCUT2D eigenvalue weighted by Crippen LogP contribution is -2.19. The van der Waals surface area contributed by atoms with E-state index in [0.717, 1.165) is 5.56 Å². The van der Waals surface area contributed by atoms with E-state index < -0.39 is 18.2 Å². The van der Waals surface area contributed by atoms with Crippen LogP contribution in [0.5, 0.6) is 0 Å². The first kappa shape index (κ1) is 13.1. The van der Waals surface area contributed by atoms with E-state index in [1.54, 1.807) is 30.6 Å². The maximum atomic E-state index is 13.0. The predicted molar refractivity (Wildman–Crippen MR) is 73.7 cm³/mol. The number of halogens is 1. The Labute approximate surface area is 121 Å². The van der Waals surface area contributed by atoms with Crippen molar-refractivity contribution in [1.29, 1.82) is 0 Å². The molecule has 2 heterocycles. The normalized spacial score (nSPS) is 20.5. The third kappa shape index (κ3) is 2.56. The monoisotopic (exact) mass is 282 g/mol. The summed E-state index contributed by atoms with van der Waals surface area (Å²) >= 11 is 0. The zero-order valence-electron chi connectivity index (χ0n) is 10.9. The summed E-state index contributed by atoms with van der Waals surface area (Å²) in [6, 6.07) is 7.19. The van der Waals surface area contributed by atoms with Gasteiger partial charge in [0, 0.05) is 18.0 Å². The van der Waals surface area contributed by atoms with Crippen LogP contribution in [-0.4, -0.2) is 11.1 Å². The summed E-state index contributed by atoms with van der Waals surface area (Å²) in [6.45, 7) is 0. The maximum absolute atomic E-state index is 13.0. The van der Waals surface area contributed by atoms with Crippen LogP contribution in [0.15, 0.2) is 42.7 Å². The van der Waals surface area contributed by atoms with Crippen LogP contribution in [0, 0.1) is 18.2 Å². The Balaban J connectivity index is 1.97. The molecule has 2 aromatic rings. The topological polar surface area (TPSA) is 51.2 Å². The Hall–Kier alpha value is -2.87. The average molecular weight is 282 g/mol. The van der Waals surface area contributed by atoms with Gasteiger partial charge in [-0.3, -0.25) is 4.98 Å². The molecule has 1 fully saturated rings. The fraction of sp³-hybridized carbons (Fsp3) is 0.125. The highest BCUT2D eigenvalue weighted by Gasteiger charge is 2.36. The van der Waals surface area contributed by atoms with Crippen LogP contribution in [0.1, 0.15) is 28.8 Å². The number of cyclic esters (lactones) is 1. The van der Waals surface area contributed by atoms with Gasteiger partial charge in [0.25, 0.3) is 0 Å². The number of rotatable bonds is 2. The van der Waals surface area contributed by atoms with Gasteiger partial charge in [0.15, 0.2) is 6.10 Å². The van der Waals surface area contributed by atoms with Crippen molar-refractivity contribution in [3.63, 3.8) is 0 Å². The first-order valence-electron chi connectivity index (χ1n) is 6.31. The molecule has 0 aliphatic carbocycles. The number of terminal acetylenes is 1. The smallest absolute Gasteiger partial charge is 0.408 e. The van der Waals surface area contributed by atoms with E-state index in [1.807, 2.05) is 0 Å². The minimum absolute atomic E-state index is 0.344. The van der Waals surface area contributed by atoms with Crippen LogP contribution in [0.4, 0.5) is 9.18 Å². The number of amides is 1. The lowest BCUT2D eigenvalue weighted by molar-refractivity contribution is 0.132. The van der Waals surface area contributed by atoms with Crippen molar-refractivity contribution in [2.75, 3.05) is 0 Å². The first-order valence-corrected chi connectivity index (χ1v) is 6.31. The van der Waals surface area contributed by atoms with Gasteiger partial charge in [-0.15, -0.1) is 6.42 Å². The highest BCUT2D eigenvalue weighted by Crippen LogP contribution is 2.36. The second-order valence-corrected chi connectivity index (χ2v) is 4.65. The summed E-state index contributed by atoms with van der Waals surface area (Å²) in [6.07, 6.45) is 7.47. The van der Waals surface area contributed by atoms with Gasteiger partial charge in [0.2, 0.25) is 0 Å². The number of alkyl carbamates (subject to hydrolysis) is 1. The molecular formula is C16H11FN2O2. The third-order valence-corrected chi connectivity index (χ3v) is 3.29. The van der Waals surface area contributed by atoms with Crippen molar-refractivity contribution in [1.82, 2.24) is 10.3 Å². The molecule has 3 rings (SSSR count). The van der Waals surface area contributed by atoms with Gasteiger partial charge in [0.1, 0.15) is 11.9 Å². The fourth-order valence-electron chi connectivity index (χ4n) is 2.30. The quantitative estimate of drug-likeness (QED) is 0.862. The van der Waals surface area contributed by atoms with Crippen LogP contribution in [0.2, 0.25) is 0 Å². The number of benzene rings is 1. The van der Waals surface area contributed by atoms with Gasteiger partial charge >= 0.3 is 6.09 Å². The average Bonchev–Trinajstić information content (AvgIpc) is 2.90. The summed E-state index contributed by atoms with van der Waals surface area (Å²) in [5, 5.41) is 2.72. The Morgan fingerprint density at radius 3 is 2.71 bits per heavy atom. The van der Waals surface area contributed by atoms with E-state index in [0.29, 0.717) is 11.1 Å². The SMILES string of the molecule is C#Cc1cncc([C@H]2NC(=O)O[C@@H]2c2ccc(F)cc2)c1. The van der Waals surface area contributed by atoms with Crippen molar-refractivity contribution in [2.24, 2.45) is 0 Å². The number of carbonyl (C=O) groups is 1. The third-order valence-electron chi connectivity index (χ3n) is 3.29. The number of nitrogens with zero attached hydrogens (tertiary/aromatic N) is 1. The number of nitrogens with one attached hydrogen (secondary N) is 1. The van der Waals surface area contributed by atoms with Crippen LogP contribution in [-0.2, 0) is 4.74 Å². The first-order chi connectivity index (χ1) is 10.2. The molecule has 0 unspecified atom stereocenters. The van der Waals surface area contributed by atoms with Crippen LogP contribution < -0.4 is 5.32 Å². The molecule has 4 nitrogen and oxygen atoms in total. The van der Waals surface area contributed by atoms with Gasteiger partial charge in [-0.05, 0) is 29.3 Å². The highest BCUT2D eigenvalue weighted by atomic mass is 19.1. The van der Waals surface area contributed by atoms with E-state index in [2.05, 4.69) is 16.2 Å². The van der Waals surface area contributed by atoms with E-state index in [1.165, 1.54) is 12.1 Å². The van der Waals surface area contributed by atoms with E-state index in [9.17, 15) is 9.18 Å². The molecule has 1 aliphatic rings. The number of hydrogen-bond donors (Lipinski definition) is 1. The lowest BCUT2D eigenvalue weighted by Gasteiger charge is -2.17. The van der Waals surface area contributed by atoms with E-state index in [-0.39, 0.29) is 5.82 Å². The van der Waals surface area contributed by atoms with Crippen molar-refractivity contribution in [2.45, 2.75) is 12.1 Å². The van der Waals surface area contributed by atoms with Gasteiger partial charge in [-0.25, -0.2) is 9.18 Å². The minimum atomic E-state index is -0.548. The minimum Gasteiger partial charge on any atom is -0.439 e. The van der Waals surface area contributed by atoms with Crippen molar-refractivity contribution in [3.8, 4) is 12.3 Å². The molecule has 104 valence electrons. The number of aromatic nitrogens is 1. The summed E-state index contributed by atoms with van der Waals surface area (Å²) in [4.78, 5) is 15.6. The van der Waals surface area contributed by atoms with Gasteiger partial charge in [0.05, 0.1) is 0 Å². The number of pyridine rings is 1. The highest BCUT2D eigenvalue weighted by molar-refractivity contribution is 5.71. The lowest BCUT2D eigenvalue weighted by atomic mass is 9.97. The molecule has 2 atom stereocenters. The maximum Gasteiger partial charge on any atom is 0.408 e. The van der Waals surface area contributed by atoms with Crippen molar-refractivity contribution < 1.29 is 13.9 Å². The molecule has 1 aromatic carbocycles. The van der Waals surface area contributed by atoms with Gasteiger partial charge in [-0.1, -0.05) is 18.1 Å². The molecule has 0 saturated carbocycles. The Kier molecular flexibility index (Phi) is 3.28. The molecule has 1 aliphatic heterocycles. The molecule has 0 radical (unpaired) electrons. The van der Waals surface area contributed by atoms with Gasteiger partial charge < -0.3 is 10.1 Å². The standard InChI is InChI=1S/C16H11FN2O2/c1-2-10-7-12(9-18-8-10)14-15(21-16(20)19-14)11-3-5-13(17)6-4-11/h1,3-9,14-15H,(H,19,20)/t14-,15-/m1/s1.